The zero-order chi connectivity index (χ0) is 14.4. The number of rotatable bonds is 7. The van der Waals surface area contributed by atoms with E-state index in [1.165, 1.54) is 12.1 Å². The second-order valence-electron chi connectivity index (χ2n) is 4.16. The summed E-state index contributed by atoms with van der Waals surface area (Å²) < 4.78 is 0. The van der Waals surface area contributed by atoms with E-state index < -0.39 is 10.8 Å². The Hall–Kier alpha value is -1.60. The van der Waals surface area contributed by atoms with Crippen molar-refractivity contribution in [3.05, 3.63) is 39.4 Å². The number of primary amides is 1. The summed E-state index contributed by atoms with van der Waals surface area (Å²) in [6, 6.07) is 4.32. The normalized spacial score (nSPS) is 12.1. The third-order valence-corrected chi connectivity index (χ3v) is 3.95. The lowest BCUT2D eigenvalue weighted by atomic mass is 10.1. The maximum absolute atomic E-state index is 11.0. The van der Waals surface area contributed by atoms with Crippen molar-refractivity contribution in [2.24, 2.45) is 11.5 Å². The van der Waals surface area contributed by atoms with Gasteiger partial charge < -0.3 is 11.5 Å². The van der Waals surface area contributed by atoms with E-state index in [4.69, 9.17) is 11.5 Å². The summed E-state index contributed by atoms with van der Waals surface area (Å²) in [5, 5.41) is 11.3. The number of carbonyl (C=O) groups excluding carboxylic acids is 1. The zero-order valence-electron chi connectivity index (χ0n) is 10.7. The topological polar surface area (TPSA) is 112 Å². The molecule has 0 heterocycles. The van der Waals surface area contributed by atoms with Gasteiger partial charge in [-0.1, -0.05) is 13.0 Å². The molecule has 0 aromatic heterocycles. The van der Waals surface area contributed by atoms with E-state index in [0.29, 0.717) is 23.1 Å². The molecule has 0 saturated carbocycles. The number of thioether (sulfide) groups is 1. The Bertz CT molecular complexity index is 479. The maximum atomic E-state index is 11.0. The van der Waals surface area contributed by atoms with Crippen LogP contribution in [0.1, 0.15) is 29.3 Å². The summed E-state index contributed by atoms with van der Waals surface area (Å²) >= 11 is 1.60. The number of nitro groups is 1. The first-order valence-corrected chi connectivity index (χ1v) is 6.89. The van der Waals surface area contributed by atoms with Gasteiger partial charge in [-0.2, -0.15) is 11.8 Å². The molecule has 0 spiro atoms. The highest BCUT2D eigenvalue weighted by Gasteiger charge is 2.17. The Labute approximate surface area is 115 Å². The predicted octanol–water partition coefficient (Wildman–Crippen LogP) is 1.66. The molecule has 1 atom stereocenters. The van der Waals surface area contributed by atoms with Gasteiger partial charge in [0.25, 0.3) is 5.69 Å². The zero-order valence-corrected chi connectivity index (χ0v) is 11.5. The second kappa shape index (κ2) is 7.10. The van der Waals surface area contributed by atoms with Crippen LogP contribution in [0.2, 0.25) is 0 Å². The van der Waals surface area contributed by atoms with Crippen molar-refractivity contribution >= 4 is 23.4 Å². The Morgan fingerprint density at radius 3 is 2.74 bits per heavy atom. The van der Waals surface area contributed by atoms with E-state index in [-0.39, 0.29) is 11.3 Å². The van der Waals surface area contributed by atoms with Gasteiger partial charge >= 0.3 is 0 Å². The molecule has 1 amide bonds. The van der Waals surface area contributed by atoms with Crippen molar-refractivity contribution in [1.29, 1.82) is 0 Å². The SMILES string of the molecule is CC(CCN)SCc1ccc(C(N)=O)cc1[N+](=O)[O-]. The van der Waals surface area contributed by atoms with Crippen molar-refractivity contribution in [3.8, 4) is 0 Å². The Kier molecular flexibility index (Phi) is 5.78. The van der Waals surface area contributed by atoms with Gasteiger partial charge in [-0.05, 0) is 19.0 Å². The summed E-state index contributed by atoms with van der Waals surface area (Å²) in [5.74, 6) is -0.157. The molecule has 0 aliphatic carbocycles. The van der Waals surface area contributed by atoms with E-state index in [2.05, 4.69) is 0 Å². The van der Waals surface area contributed by atoms with E-state index >= 15 is 0 Å². The van der Waals surface area contributed by atoms with Crippen LogP contribution in [0.4, 0.5) is 5.69 Å². The molecule has 0 aliphatic rings. The molecular weight excluding hydrogens is 266 g/mol. The molecule has 0 fully saturated rings. The van der Waals surface area contributed by atoms with Gasteiger partial charge in [-0.25, -0.2) is 0 Å². The molecule has 1 aromatic carbocycles. The summed E-state index contributed by atoms with van der Waals surface area (Å²) in [6.07, 6.45) is 0.859. The van der Waals surface area contributed by atoms with Crippen molar-refractivity contribution < 1.29 is 9.72 Å². The predicted molar refractivity (Wildman–Crippen MR) is 76.0 cm³/mol. The molecule has 4 N–H and O–H groups in total. The molecule has 19 heavy (non-hydrogen) atoms. The largest absolute Gasteiger partial charge is 0.366 e. The van der Waals surface area contributed by atoms with Crippen LogP contribution in [0.25, 0.3) is 0 Å². The number of benzene rings is 1. The fourth-order valence-electron chi connectivity index (χ4n) is 1.56. The number of nitrogens with two attached hydrogens (primary N) is 2. The number of nitro benzene ring substituents is 1. The van der Waals surface area contributed by atoms with E-state index in [1.807, 2.05) is 6.92 Å². The molecule has 0 aliphatic heterocycles. The molecule has 104 valence electrons. The van der Waals surface area contributed by atoms with Crippen LogP contribution in [0, 0.1) is 10.1 Å². The molecule has 1 unspecified atom stereocenters. The minimum absolute atomic E-state index is 0.0660. The number of hydrogen-bond donors (Lipinski definition) is 2. The van der Waals surface area contributed by atoms with Crippen molar-refractivity contribution in [3.63, 3.8) is 0 Å². The van der Waals surface area contributed by atoms with Gasteiger partial charge in [0.05, 0.1) is 4.92 Å². The minimum atomic E-state index is -0.668. The third-order valence-electron chi connectivity index (χ3n) is 2.66. The lowest BCUT2D eigenvalue weighted by Crippen LogP contribution is -2.12. The third kappa shape index (κ3) is 4.53. The second-order valence-corrected chi connectivity index (χ2v) is 5.59. The van der Waals surface area contributed by atoms with E-state index in [9.17, 15) is 14.9 Å². The molecular formula is C12H17N3O3S. The van der Waals surface area contributed by atoms with Crippen molar-refractivity contribution in [2.75, 3.05) is 6.54 Å². The number of nitrogens with zero attached hydrogens (tertiary/aromatic N) is 1. The Balaban J connectivity index is 2.88. The lowest BCUT2D eigenvalue weighted by molar-refractivity contribution is -0.385. The van der Waals surface area contributed by atoms with E-state index in [0.717, 1.165) is 6.42 Å². The highest BCUT2D eigenvalue weighted by molar-refractivity contribution is 7.99. The highest BCUT2D eigenvalue weighted by Crippen LogP contribution is 2.27. The van der Waals surface area contributed by atoms with Crippen LogP contribution < -0.4 is 11.5 Å². The first-order chi connectivity index (χ1) is 8.95. The van der Waals surface area contributed by atoms with Crippen LogP contribution in [0.3, 0.4) is 0 Å². The van der Waals surface area contributed by atoms with Gasteiger partial charge in [0.1, 0.15) is 0 Å². The molecule has 6 nitrogen and oxygen atoms in total. The first kappa shape index (κ1) is 15.5. The average Bonchev–Trinajstić information content (AvgIpc) is 2.36. The van der Waals surface area contributed by atoms with Crippen LogP contribution in [0.5, 0.6) is 0 Å². The molecule has 1 aromatic rings. The first-order valence-electron chi connectivity index (χ1n) is 5.84. The monoisotopic (exact) mass is 283 g/mol. The summed E-state index contributed by atoms with van der Waals surface area (Å²) in [5.41, 5.74) is 11.2. The summed E-state index contributed by atoms with van der Waals surface area (Å²) in [6.45, 7) is 2.62. The van der Waals surface area contributed by atoms with Crippen LogP contribution in [0.15, 0.2) is 18.2 Å². The van der Waals surface area contributed by atoms with Gasteiger partial charge in [-0.15, -0.1) is 0 Å². The van der Waals surface area contributed by atoms with Gasteiger partial charge in [0.15, 0.2) is 0 Å². The summed E-state index contributed by atoms with van der Waals surface area (Å²) in [4.78, 5) is 21.5. The van der Waals surface area contributed by atoms with E-state index in [1.54, 1.807) is 17.8 Å². The smallest absolute Gasteiger partial charge is 0.274 e. The van der Waals surface area contributed by atoms with Gasteiger partial charge in [0, 0.05) is 28.2 Å². The molecule has 0 bridgehead atoms. The number of amides is 1. The maximum Gasteiger partial charge on any atom is 0.274 e. The standard InChI is InChI=1S/C12H17N3O3S/c1-8(4-5-13)19-7-10-3-2-9(12(14)16)6-11(10)15(17)18/h2-3,6,8H,4-5,7,13H2,1H3,(H2,14,16). The number of carbonyl (C=O) groups is 1. The fourth-order valence-corrected chi connectivity index (χ4v) is 2.57. The fraction of sp³-hybridized carbons (Fsp3) is 0.417. The van der Waals surface area contributed by atoms with Crippen LogP contribution in [-0.2, 0) is 5.75 Å². The molecule has 7 heteroatoms. The van der Waals surface area contributed by atoms with Gasteiger partial charge in [0.2, 0.25) is 5.91 Å². The Morgan fingerprint density at radius 2 is 2.21 bits per heavy atom. The van der Waals surface area contributed by atoms with Crippen LogP contribution in [-0.4, -0.2) is 22.6 Å². The molecule has 0 radical (unpaired) electrons. The highest BCUT2D eigenvalue weighted by atomic mass is 32.2. The number of hydrogen-bond acceptors (Lipinski definition) is 5. The van der Waals surface area contributed by atoms with Crippen molar-refractivity contribution in [1.82, 2.24) is 0 Å². The van der Waals surface area contributed by atoms with Gasteiger partial charge in [-0.3, -0.25) is 14.9 Å². The van der Waals surface area contributed by atoms with Crippen LogP contribution >= 0.6 is 11.8 Å². The average molecular weight is 283 g/mol. The van der Waals surface area contributed by atoms with Crippen molar-refractivity contribution in [2.45, 2.75) is 24.3 Å². The quantitative estimate of drug-likeness (QED) is 0.583. The lowest BCUT2D eigenvalue weighted by Gasteiger charge is -2.10. The molecule has 1 rings (SSSR count). The summed E-state index contributed by atoms with van der Waals surface area (Å²) in [7, 11) is 0. The minimum Gasteiger partial charge on any atom is -0.366 e. The Morgan fingerprint density at radius 1 is 1.53 bits per heavy atom. The molecule has 0 saturated heterocycles.